The Morgan fingerprint density at radius 1 is 1.20 bits per heavy atom. The first kappa shape index (κ1) is 14.8. The Labute approximate surface area is 91.2 Å². The predicted molar refractivity (Wildman–Crippen MR) is 59.8 cm³/mol. The Balaban J connectivity index is 4.10. The van der Waals surface area contributed by atoms with Gasteiger partial charge >= 0.3 is 0 Å². The normalized spacial score (nSPS) is 15.1. The maximum Gasteiger partial charge on any atom is 0.212 e. The largest absolute Gasteiger partial charge is 0.327 e. The second-order valence-electron chi connectivity index (χ2n) is 3.47. The second-order valence-corrected chi connectivity index (χ2v) is 7.65. The molecule has 0 saturated carbocycles. The number of nitrogens with two attached hydrogens (primary N) is 1. The van der Waals surface area contributed by atoms with Crippen LogP contribution in [0.2, 0.25) is 0 Å². The molecule has 0 rings (SSSR count). The van der Waals surface area contributed by atoms with Gasteiger partial charge in [0.1, 0.15) is 9.84 Å². The first-order valence-corrected chi connectivity index (χ1v) is 8.28. The van der Waals surface area contributed by atoms with E-state index in [1.165, 1.54) is 0 Å². The molecule has 6 nitrogen and oxygen atoms in total. The van der Waals surface area contributed by atoms with E-state index in [4.69, 9.17) is 5.73 Å². The Hall–Kier alpha value is -0.180. The van der Waals surface area contributed by atoms with E-state index in [-0.39, 0.29) is 18.3 Å². The third-order valence-corrected chi connectivity index (χ3v) is 4.36. The summed E-state index contributed by atoms with van der Waals surface area (Å²) in [5.74, 6) is -0.786. The van der Waals surface area contributed by atoms with Gasteiger partial charge in [0.15, 0.2) is 0 Å². The van der Waals surface area contributed by atoms with Gasteiger partial charge < -0.3 is 5.73 Å². The van der Waals surface area contributed by atoms with Crippen LogP contribution in [0.25, 0.3) is 0 Å². The molecule has 15 heavy (non-hydrogen) atoms. The second kappa shape index (κ2) is 5.78. The predicted octanol–water partition coefficient (Wildman–Crippen LogP) is -1.31. The lowest BCUT2D eigenvalue weighted by atomic mass is 10.2. The molecule has 0 fully saturated rings. The zero-order valence-electron chi connectivity index (χ0n) is 8.93. The molecule has 0 spiro atoms. The molecule has 0 heterocycles. The zero-order valence-corrected chi connectivity index (χ0v) is 10.6. The lowest BCUT2D eigenvalue weighted by Crippen LogP contribution is -2.38. The molecule has 3 N–H and O–H groups in total. The molecule has 0 aromatic heterocycles. The smallest absolute Gasteiger partial charge is 0.212 e. The molecular formula is C7H18N2O4S2. The number of sulfonamides is 1. The first-order chi connectivity index (χ1) is 6.66. The molecule has 0 saturated heterocycles. The molecule has 8 heteroatoms. The molecule has 0 amide bonds. The highest BCUT2D eigenvalue weighted by molar-refractivity contribution is 7.93. The van der Waals surface area contributed by atoms with Crippen molar-refractivity contribution >= 4 is 19.9 Å². The maximum absolute atomic E-state index is 11.3. The number of nitrogens with one attached hydrogen (secondary N) is 1. The van der Waals surface area contributed by atoms with Crippen LogP contribution in [0, 0.1) is 0 Å². The minimum atomic E-state index is -3.53. The van der Waals surface area contributed by atoms with Gasteiger partial charge in [0, 0.05) is 18.8 Å². The summed E-state index contributed by atoms with van der Waals surface area (Å²) in [4.78, 5) is 0. The van der Waals surface area contributed by atoms with Crippen LogP contribution < -0.4 is 10.5 Å². The van der Waals surface area contributed by atoms with E-state index in [0.717, 1.165) is 6.26 Å². The SMILES string of the molecule is CCC(N)CNS(=O)(=O)CCS(C)(=O)=O. The Morgan fingerprint density at radius 3 is 2.13 bits per heavy atom. The van der Waals surface area contributed by atoms with Gasteiger partial charge in [-0.15, -0.1) is 0 Å². The molecule has 0 aliphatic rings. The molecule has 0 bridgehead atoms. The summed E-state index contributed by atoms with van der Waals surface area (Å²) in [6.45, 7) is 1.98. The highest BCUT2D eigenvalue weighted by atomic mass is 32.2. The van der Waals surface area contributed by atoms with E-state index in [9.17, 15) is 16.8 Å². The summed E-state index contributed by atoms with van der Waals surface area (Å²) in [5.41, 5.74) is 5.52. The molecule has 1 unspecified atom stereocenters. The van der Waals surface area contributed by atoms with Crippen molar-refractivity contribution in [1.82, 2.24) is 4.72 Å². The van der Waals surface area contributed by atoms with Crippen molar-refractivity contribution < 1.29 is 16.8 Å². The van der Waals surface area contributed by atoms with Crippen molar-refractivity contribution in [3.05, 3.63) is 0 Å². The third kappa shape index (κ3) is 8.79. The van der Waals surface area contributed by atoms with Crippen LogP contribution in [0.4, 0.5) is 0 Å². The van der Waals surface area contributed by atoms with Crippen LogP contribution in [0.3, 0.4) is 0 Å². The average molecular weight is 258 g/mol. The Morgan fingerprint density at radius 2 is 1.73 bits per heavy atom. The lowest BCUT2D eigenvalue weighted by molar-refractivity contribution is 0.563. The maximum atomic E-state index is 11.3. The number of hydrogen-bond acceptors (Lipinski definition) is 5. The van der Waals surface area contributed by atoms with Gasteiger partial charge in [-0.2, -0.15) is 0 Å². The first-order valence-electron chi connectivity index (χ1n) is 4.57. The van der Waals surface area contributed by atoms with Crippen LogP contribution in [-0.4, -0.2) is 47.2 Å². The fraction of sp³-hybridized carbons (Fsp3) is 1.00. The van der Waals surface area contributed by atoms with Crippen LogP contribution in [0.15, 0.2) is 0 Å². The molecule has 0 aromatic carbocycles. The van der Waals surface area contributed by atoms with Crippen LogP contribution >= 0.6 is 0 Å². The minimum Gasteiger partial charge on any atom is -0.327 e. The molecule has 0 aliphatic heterocycles. The number of hydrogen-bond donors (Lipinski definition) is 2. The fourth-order valence-electron chi connectivity index (χ4n) is 0.712. The van der Waals surface area contributed by atoms with Gasteiger partial charge in [-0.05, 0) is 6.42 Å². The number of sulfone groups is 1. The standard InChI is InChI=1S/C7H18N2O4S2/c1-3-7(8)6-9-15(12,13)5-4-14(2,10)11/h7,9H,3-6,8H2,1-2H3. The van der Waals surface area contributed by atoms with E-state index in [0.29, 0.717) is 6.42 Å². The summed E-state index contributed by atoms with van der Waals surface area (Å²) in [7, 11) is -6.78. The van der Waals surface area contributed by atoms with Gasteiger partial charge in [-0.1, -0.05) is 6.92 Å². The highest BCUT2D eigenvalue weighted by Crippen LogP contribution is 1.91. The quantitative estimate of drug-likeness (QED) is 0.589. The van der Waals surface area contributed by atoms with Crippen LogP contribution in [0.5, 0.6) is 0 Å². The molecule has 0 radical (unpaired) electrons. The van der Waals surface area contributed by atoms with Crippen LogP contribution in [-0.2, 0) is 19.9 Å². The van der Waals surface area contributed by atoms with Gasteiger partial charge in [0.05, 0.1) is 11.5 Å². The summed E-state index contributed by atoms with van der Waals surface area (Å²) < 4.78 is 46.3. The van der Waals surface area contributed by atoms with E-state index >= 15 is 0 Å². The van der Waals surface area contributed by atoms with Crippen molar-refractivity contribution in [2.45, 2.75) is 19.4 Å². The molecule has 0 aliphatic carbocycles. The van der Waals surface area contributed by atoms with Gasteiger partial charge in [-0.25, -0.2) is 21.6 Å². The van der Waals surface area contributed by atoms with E-state index in [1.807, 2.05) is 6.92 Å². The Bertz CT molecular complexity index is 374. The topological polar surface area (TPSA) is 106 Å². The van der Waals surface area contributed by atoms with Crippen molar-refractivity contribution in [3.63, 3.8) is 0 Å². The molecule has 0 aromatic rings. The van der Waals surface area contributed by atoms with Crippen molar-refractivity contribution in [3.8, 4) is 0 Å². The number of rotatable bonds is 7. The van der Waals surface area contributed by atoms with E-state index in [2.05, 4.69) is 4.72 Å². The average Bonchev–Trinajstić information content (AvgIpc) is 2.10. The third-order valence-electron chi connectivity index (χ3n) is 1.81. The molecule has 1 atom stereocenters. The van der Waals surface area contributed by atoms with Crippen molar-refractivity contribution in [1.29, 1.82) is 0 Å². The summed E-state index contributed by atoms with van der Waals surface area (Å²) in [5, 5.41) is 0. The van der Waals surface area contributed by atoms with E-state index < -0.39 is 25.6 Å². The van der Waals surface area contributed by atoms with Crippen LogP contribution in [0.1, 0.15) is 13.3 Å². The monoisotopic (exact) mass is 258 g/mol. The van der Waals surface area contributed by atoms with Gasteiger partial charge in [-0.3, -0.25) is 0 Å². The minimum absolute atomic E-state index is 0.141. The summed E-state index contributed by atoms with van der Waals surface area (Å²) in [6, 6.07) is -0.238. The van der Waals surface area contributed by atoms with Gasteiger partial charge in [0.2, 0.25) is 10.0 Å². The van der Waals surface area contributed by atoms with Gasteiger partial charge in [0.25, 0.3) is 0 Å². The van der Waals surface area contributed by atoms with Crippen molar-refractivity contribution in [2.24, 2.45) is 5.73 Å². The summed E-state index contributed by atoms with van der Waals surface area (Å²) >= 11 is 0. The lowest BCUT2D eigenvalue weighted by Gasteiger charge is -2.10. The molecular weight excluding hydrogens is 240 g/mol. The zero-order chi connectivity index (χ0) is 12.1. The fourth-order valence-corrected chi connectivity index (χ4v) is 3.41. The Kier molecular flexibility index (Phi) is 5.71. The van der Waals surface area contributed by atoms with Crippen molar-refractivity contribution in [2.75, 3.05) is 24.3 Å². The summed E-state index contributed by atoms with van der Waals surface area (Å²) in [6.07, 6.45) is 1.66. The molecule has 92 valence electrons. The highest BCUT2D eigenvalue weighted by Gasteiger charge is 2.14. The van der Waals surface area contributed by atoms with E-state index in [1.54, 1.807) is 0 Å².